The lowest BCUT2D eigenvalue weighted by Crippen LogP contribution is -2.30. The lowest BCUT2D eigenvalue weighted by atomic mass is 10.1. The van der Waals surface area contributed by atoms with Crippen molar-refractivity contribution in [1.82, 2.24) is 9.29 Å². The Hall–Kier alpha value is -2.75. The van der Waals surface area contributed by atoms with Gasteiger partial charge in [-0.3, -0.25) is 10.1 Å². The van der Waals surface area contributed by atoms with Crippen LogP contribution < -0.4 is 11.1 Å². The largest absolute Gasteiger partial charge is 0.399 e. The quantitative estimate of drug-likeness (QED) is 0.556. The molecule has 29 heavy (non-hydrogen) atoms. The molecule has 3 N–H and O–H groups in total. The van der Waals surface area contributed by atoms with E-state index < -0.39 is 10.0 Å². The molecule has 1 heterocycles. The van der Waals surface area contributed by atoms with Gasteiger partial charge in [-0.1, -0.05) is 26.0 Å². The van der Waals surface area contributed by atoms with Crippen molar-refractivity contribution in [3.63, 3.8) is 0 Å². The van der Waals surface area contributed by atoms with Crippen LogP contribution in [0.15, 0.2) is 58.8 Å². The summed E-state index contributed by atoms with van der Waals surface area (Å²) in [7, 11) is -3.55. The first-order valence-electron chi connectivity index (χ1n) is 9.08. The third-order valence-electron chi connectivity index (χ3n) is 4.39. The van der Waals surface area contributed by atoms with Crippen molar-refractivity contribution in [2.45, 2.75) is 18.7 Å². The van der Waals surface area contributed by atoms with Crippen molar-refractivity contribution < 1.29 is 13.2 Å². The summed E-state index contributed by atoms with van der Waals surface area (Å²) in [5.41, 5.74) is 8.37. The van der Waals surface area contributed by atoms with Crippen molar-refractivity contribution >= 4 is 38.1 Å². The highest BCUT2D eigenvalue weighted by molar-refractivity contribution is 7.89. The molecule has 0 aliphatic heterocycles. The number of nitrogens with one attached hydrogen (secondary N) is 1. The normalized spacial score (nSPS) is 11.6. The predicted octanol–water partition coefficient (Wildman–Crippen LogP) is 3.68. The average Bonchev–Trinajstić information content (AvgIpc) is 3.17. The smallest absolute Gasteiger partial charge is 0.257 e. The molecule has 3 rings (SSSR count). The molecule has 9 heteroatoms. The first-order chi connectivity index (χ1) is 13.8. The third kappa shape index (κ3) is 4.64. The Balaban J connectivity index is 1.72. The van der Waals surface area contributed by atoms with Gasteiger partial charge in [0.2, 0.25) is 10.0 Å². The Kier molecular flexibility index (Phi) is 6.31. The minimum absolute atomic E-state index is 0.164. The highest BCUT2D eigenvalue weighted by Crippen LogP contribution is 2.26. The number of nitrogen functional groups attached to an aromatic ring is 1. The highest BCUT2D eigenvalue weighted by atomic mass is 32.2. The van der Waals surface area contributed by atoms with Gasteiger partial charge in [-0.2, -0.15) is 4.31 Å². The molecule has 0 fully saturated rings. The second kappa shape index (κ2) is 8.73. The summed E-state index contributed by atoms with van der Waals surface area (Å²) in [6.07, 6.45) is 0. The zero-order chi connectivity index (χ0) is 21.0. The number of carbonyl (C=O) groups excluding carboxylic acids is 1. The van der Waals surface area contributed by atoms with Gasteiger partial charge < -0.3 is 5.73 Å². The number of hydrogen-bond donors (Lipinski definition) is 2. The predicted molar refractivity (Wildman–Crippen MR) is 116 cm³/mol. The lowest BCUT2D eigenvalue weighted by molar-refractivity contribution is 0.102. The summed E-state index contributed by atoms with van der Waals surface area (Å²) >= 11 is 1.31. The summed E-state index contributed by atoms with van der Waals surface area (Å²) in [5.74, 6) is -0.352. The molecule has 1 aromatic heterocycles. The van der Waals surface area contributed by atoms with Crippen LogP contribution in [0.3, 0.4) is 0 Å². The fourth-order valence-electron chi connectivity index (χ4n) is 2.78. The number of hydrogen-bond acceptors (Lipinski definition) is 6. The van der Waals surface area contributed by atoms with Gasteiger partial charge in [0.25, 0.3) is 5.91 Å². The standard InChI is InChI=1S/C20H22N4O3S2/c1-3-24(4-2)29(26,27)17-11-7-15(8-12-17)19(25)23-20-22-18(13-28-20)14-5-9-16(21)10-6-14/h5-13H,3-4,21H2,1-2H3,(H,22,23,25). The molecule has 0 aliphatic rings. The zero-order valence-electron chi connectivity index (χ0n) is 16.1. The van der Waals surface area contributed by atoms with Crippen LogP contribution in [0.5, 0.6) is 0 Å². The number of carbonyl (C=O) groups is 1. The molecule has 0 spiro atoms. The van der Waals surface area contributed by atoms with E-state index in [1.807, 2.05) is 17.5 Å². The van der Waals surface area contributed by atoms with Crippen LogP contribution in [0, 0.1) is 0 Å². The summed E-state index contributed by atoms with van der Waals surface area (Å²) in [6.45, 7) is 4.36. The van der Waals surface area contributed by atoms with E-state index in [1.54, 1.807) is 26.0 Å². The van der Waals surface area contributed by atoms with Crippen LogP contribution in [0.25, 0.3) is 11.3 Å². The SMILES string of the molecule is CCN(CC)S(=O)(=O)c1ccc(C(=O)Nc2nc(-c3ccc(N)cc3)cs2)cc1. The van der Waals surface area contributed by atoms with Gasteiger partial charge in [0.1, 0.15) is 0 Å². The van der Waals surface area contributed by atoms with Crippen molar-refractivity contribution in [2.24, 2.45) is 0 Å². The summed E-state index contributed by atoms with van der Waals surface area (Å²) in [4.78, 5) is 17.1. The highest BCUT2D eigenvalue weighted by Gasteiger charge is 2.21. The molecule has 0 saturated carbocycles. The van der Waals surface area contributed by atoms with E-state index in [9.17, 15) is 13.2 Å². The molecule has 0 unspecified atom stereocenters. The number of nitrogens with two attached hydrogens (primary N) is 1. The third-order valence-corrected chi connectivity index (χ3v) is 7.21. The molecule has 0 aliphatic carbocycles. The van der Waals surface area contributed by atoms with Crippen molar-refractivity contribution in [1.29, 1.82) is 0 Å². The second-order valence-electron chi connectivity index (χ2n) is 6.23. The summed E-state index contributed by atoms with van der Waals surface area (Å²) in [5, 5.41) is 5.05. The van der Waals surface area contributed by atoms with Crippen LogP contribution in [0.4, 0.5) is 10.8 Å². The minimum atomic E-state index is -3.55. The molecule has 0 atom stereocenters. The van der Waals surface area contributed by atoms with Crippen molar-refractivity contribution in [3.05, 3.63) is 59.5 Å². The molecule has 1 amide bonds. The van der Waals surface area contributed by atoms with Crippen LogP contribution >= 0.6 is 11.3 Å². The Morgan fingerprint density at radius 2 is 1.69 bits per heavy atom. The molecule has 7 nitrogen and oxygen atoms in total. The Morgan fingerprint density at radius 3 is 2.28 bits per heavy atom. The number of amides is 1. The van der Waals surface area contributed by atoms with Gasteiger partial charge in [0, 0.05) is 35.3 Å². The monoisotopic (exact) mass is 430 g/mol. The Morgan fingerprint density at radius 1 is 1.07 bits per heavy atom. The van der Waals surface area contributed by atoms with E-state index in [1.165, 1.54) is 39.9 Å². The van der Waals surface area contributed by atoms with E-state index in [4.69, 9.17) is 5.73 Å². The van der Waals surface area contributed by atoms with Gasteiger partial charge >= 0.3 is 0 Å². The second-order valence-corrected chi connectivity index (χ2v) is 9.02. The summed E-state index contributed by atoms with van der Waals surface area (Å²) < 4.78 is 26.4. The number of rotatable bonds is 7. The molecule has 152 valence electrons. The maximum atomic E-state index is 12.5. The van der Waals surface area contributed by atoms with Gasteiger partial charge in [-0.05, 0) is 36.4 Å². The van der Waals surface area contributed by atoms with E-state index in [0.717, 1.165) is 11.3 Å². The topological polar surface area (TPSA) is 105 Å². The average molecular weight is 431 g/mol. The lowest BCUT2D eigenvalue weighted by Gasteiger charge is -2.18. The maximum Gasteiger partial charge on any atom is 0.257 e. The van der Waals surface area contributed by atoms with Crippen LogP contribution in [-0.2, 0) is 10.0 Å². The van der Waals surface area contributed by atoms with E-state index in [-0.39, 0.29) is 10.8 Å². The fourth-order valence-corrected chi connectivity index (χ4v) is 4.95. The number of benzene rings is 2. The first-order valence-corrected chi connectivity index (χ1v) is 11.4. The van der Waals surface area contributed by atoms with Gasteiger partial charge in [-0.25, -0.2) is 13.4 Å². The van der Waals surface area contributed by atoms with E-state index in [2.05, 4.69) is 10.3 Å². The van der Waals surface area contributed by atoms with Gasteiger partial charge in [0.05, 0.1) is 10.6 Å². The number of anilines is 2. The van der Waals surface area contributed by atoms with Gasteiger partial charge in [-0.15, -0.1) is 11.3 Å². The van der Waals surface area contributed by atoms with Crippen molar-refractivity contribution in [3.8, 4) is 11.3 Å². The Labute approximate surface area is 174 Å². The van der Waals surface area contributed by atoms with Gasteiger partial charge in [0.15, 0.2) is 5.13 Å². The molecule has 0 bridgehead atoms. The minimum Gasteiger partial charge on any atom is -0.399 e. The van der Waals surface area contributed by atoms with E-state index >= 15 is 0 Å². The molecule has 2 aromatic carbocycles. The number of aromatic nitrogens is 1. The van der Waals surface area contributed by atoms with Crippen LogP contribution in [0.2, 0.25) is 0 Å². The first kappa shape index (κ1) is 21.0. The van der Waals surface area contributed by atoms with Crippen LogP contribution in [-0.4, -0.2) is 36.7 Å². The Bertz CT molecular complexity index is 1090. The molecule has 0 radical (unpaired) electrons. The number of sulfonamides is 1. The molecule has 3 aromatic rings. The molecular weight excluding hydrogens is 408 g/mol. The van der Waals surface area contributed by atoms with E-state index in [0.29, 0.717) is 29.5 Å². The van der Waals surface area contributed by atoms with Crippen molar-refractivity contribution in [2.75, 3.05) is 24.1 Å². The summed E-state index contributed by atoms with van der Waals surface area (Å²) in [6, 6.07) is 13.2. The molecule has 0 saturated heterocycles. The number of thiazole rings is 1. The number of nitrogens with zero attached hydrogens (tertiary/aromatic N) is 2. The molecular formula is C20H22N4O3S2. The zero-order valence-corrected chi connectivity index (χ0v) is 17.8. The maximum absolute atomic E-state index is 12.5. The fraction of sp³-hybridized carbons (Fsp3) is 0.200. The van der Waals surface area contributed by atoms with Crippen LogP contribution in [0.1, 0.15) is 24.2 Å².